The quantitative estimate of drug-likeness (QED) is 0.547. The Morgan fingerprint density at radius 3 is 2.56 bits per heavy atom. The molecule has 0 amide bonds. The van der Waals surface area contributed by atoms with Crippen LogP contribution in [0, 0.1) is 23.1 Å². The molecule has 32 heavy (non-hydrogen) atoms. The zero-order valence-corrected chi connectivity index (χ0v) is 17.6. The molecule has 0 aliphatic heterocycles. The van der Waals surface area contributed by atoms with E-state index in [9.17, 15) is 31.2 Å². The molecule has 0 unspecified atom stereocenters. The SMILES string of the molecule is C[C@H](NS(=O)(=O)c1ccc(-c2c(C#N)c3ccc(F)cc3n2CC2CC2)nc1)C(F)(F)F. The van der Waals surface area contributed by atoms with Crippen LogP contribution in [0.1, 0.15) is 25.3 Å². The fourth-order valence-corrected chi connectivity index (χ4v) is 4.67. The molecular weight excluding hydrogens is 448 g/mol. The number of benzene rings is 1. The summed E-state index contributed by atoms with van der Waals surface area (Å²) < 4.78 is 80.2. The Morgan fingerprint density at radius 2 is 2.00 bits per heavy atom. The van der Waals surface area contributed by atoms with E-state index in [1.165, 1.54) is 24.3 Å². The van der Waals surface area contributed by atoms with Crippen LogP contribution in [0.2, 0.25) is 0 Å². The van der Waals surface area contributed by atoms with Gasteiger partial charge in [0.05, 0.1) is 22.5 Å². The molecule has 1 aliphatic rings. The van der Waals surface area contributed by atoms with Crippen molar-refractivity contribution in [2.24, 2.45) is 5.92 Å². The van der Waals surface area contributed by atoms with Crippen molar-refractivity contribution in [2.75, 3.05) is 0 Å². The van der Waals surface area contributed by atoms with Gasteiger partial charge >= 0.3 is 6.18 Å². The predicted molar refractivity (Wildman–Crippen MR) is 108 cm³/mol. The number of hydrogen-bond acceptors (Lipinski definition) is 4. The van der Waals surface area contributed by atoms with Crippen LogP contribution in [0.4, 0.5) is 17.6 Å². The maximum absolute atomic E-state index is 13.9. The first-order chi connectivity index (χ1) is 15.0. The van der Waals surface area contributed by atoms with Gasteiger partial charge in [0, 0.05) is 18.1 Å². The summed E-state index contributed by atoms with van der Waals surface area (Å²) in [5.74, 6) is -0.0748. The summed E-state index contributed by atoms with van der Waals surface area (Å²) in [5.41, 5.74) is 1.48. The van der Waals surface area contributed by atoms with Crippen LogP contribution < -0.4 is 4.72 Å². The minimum absolute atomic E-state index is 0.265. The Bertz CT molecular complexity index is 1320. The number of pyridine rings is 1. The molecule has 3 aromatic rings. The van der Waals surface area contributed by atoms with E-state index in [0.29, 0.717) is 36.0 Å². The van der Waals surface area contributed by atoms with Crippen molar-refractivity contribution in [3.05, 3.63) is 47.9 Å². The minimum Gasteiger partial charge on any atom is -0.338 e. The van der Waals surface area contributed by atoms with Crippen molar-refractivity contribution in [1.82, 2.24) is 14.3 Å². The summed E-state index contributed by atoms with van der Waals surface area (Å²) >= 11 is 0. The van der Waals surface area contributed by atoms with Gasteiger partial charge in [-0.15, -0.1) is 0 Å². The smallest absolute Gasteiger partial charge is 0.338 e. The highest BCUT2D eigenvalue weighted by Gasteiger charge is 2.39. The lowest BCUT2D eigenvalue weighted by Crippen LogP contribution is -2.42. The molecule has 1 N–H and O–H groups in total. The highest BCUT2D eigenvalue weighted by molar-refractivity contribution is 7.89. The third-order valence-corrected chi connectivity index (χ3v) is 6.91. The Balaban J connectivity index is 1.78. The van der Waals surface area contributed by atoms with Crippen LogP contribution in [0.15, 0.2) is 41.4 Å². The molecule has 168 valence electrons. The summed E-state index contributed by atoms with van der Waals surface area (Å²) in [6.07, 6.45) is -1.78. The lowest BCUT2D eigenvalue weighted by atomic mass is 10.1. The Morgan fingerprint density at radius 1 is 1.28 bits per heavy atom. The molecule has 1 aliphatic carbocycles. The maximum Gasteiger partial charge on any atom is 0.404 e. The van der Waals surface area contributed by atoms with Crippen LogP contribution in [0.5, 0.6) is 0 Å². The van der Waals surface area contributed by atoms with Gasteiger partial charge < -0.3 is 4.57 Å². The van der Waals surface area contributed by atoms with Gasteiger partial charge in [0.25, 0.3) is 0 Å². The van der Waals surface area contributed by atoms with Gasteiger partial charge in [0.1, 0.15) is 22.8 Å². The van der Waals surface area contributed by atoms with E-state index < -0.39 is 33.0 Å². The lowest BCUT2D eigenvalue weighted by Gasteiger charge is -2.17. The monoisotopic (exact) mass is 466 g/mol. The highest BCUT2D eigenvalue weighted by Crippen LogP contribution is 2.38. The zero-order valence-electron chi connectivity index (χ0n) is 16.8. The van der Waals surface area contributed by atoms with E-state index in [0.717, 1.165) is 25.1 Å². The molecule has 6 nitrogen and oxygen atoms in total. The van der Waals surface area contributed by atoms with Crippen LogP contribution in [-0.4, -0.2) is 30.2 Å². The van der Waals surface area contributed by atoms with Gasteiger partial charge in [-0.25, -0.2) is 12.8 Å². The average molecular weight is 466 g/mol. The summed E-state index contributed by atoms with van der Waals surface area (Å²) in [4.78, 5) is 3.70. The summed E-state index contributed by atoms with van der Waals surface area (Å²) in [6.45, 7) is 1.25. The molecule has 1 aromatic carbocycles. The third-order valence-electron chi connectivity index (χ3n) is 5.39. The Kier molecular flexibility index (Phi) is 5.46. The molecule has 0 radical (unpaired) electrons. The second-order valence-electron chi connectivity index (χ2n) is 7.81. The number of nitriles is 1. The minimum atomic E-state index is -4.73. The molecule has 11 heteroatoms. The van der Waals surface area contributed by atoms with Gasteiger partial charge in [0.2, 0.25) is 10.0 Å². The number of nitrogens with one attached hydrogen (secondary N) is 1. The van der Waals surface area contributed by atoms with Gasteiger partial charge in [-0.05, 0) is 56.0 Å². The van der Waals surface area contributed by atoms with Crippen molar-refractivity contribution in [1.29, 1.82) is 5.26 Å². The van der Waals surface area contributed by atoms with Crippen LogP contribution in [-0.2, 0) is 16.6 Å². The number of sulfonamides is 1. The second-order valence-corrected chi connectivity index (χ2v) is 9.53. The van der Waals surface area contributed by atoms with E-state index in [-0.39, 0.29) is 11.3 Å². The molecule has 1 fully saturated rings. The lowest BCUT2D eigenvalue weighted by molar-refractivity contribution is -0.147. The largest absolute Gasteiger partial charge is 0.404 e. The normalized spacial score (nSPS) is 15.6. The van der Waals surface area contributed by atoms with Crippen molar-refractivity contribution >= 4 is 20.9 Å². The second kappa shape index (κ2) is 7.86. The molecule has 0 saturated heterocycles. The highest BCUT2D eigenvalue weighted by atomic mass is 32.2. The maximum atomic E-state index is 13.9. The number of nitrogens with zero attached hydrogens (tertiary/aromatic N) is 3. The number of fused-ring (bicyclic) bond motifs is 1. The fourth-order valence-electron chi connectivity index (χ4n) is 3.50. The number of alkyl halides is 3. The summed E-state index contributed by atoms with van der Waals surface area (Å²) in [5, 5.41) is 10.3. The van der Waals surface area contributed by atoms with Crippen molar-refractivity contribution < 1.29 is 26.0 Å². The standard InChI is InChI=1S/C21H18F4N4O2S/c1-12(21(23,24)25)28-32(30,31)15-5-7-18(27-10-15)20-17(9-26)16-6-4-14(22)8-19(16)29(20)11-13-2-3-13/h4-8,10,12-13,28H,2-3,11H2,1H3/t12-/m0/s1. The summed E-state index contributed by atoms with van der Waals surface area (Å²) in [6, 6.07) is 6.42. The molecular formula is C21H18F4N4O2S. The van der Waals surface area contributed by atoms with Crippen molar-refractivity contribution in [3.63, 3.8) is 0 Å². The molecule has 4 rings (SSSR count). The number of halogens is 4. The van der Waals surface area contributed by atoms with Gasteiger partial charge in [-0.3, -0.25) is 4.98 Å². The Labute approximate surface area is 181 Å². The van der Waals surface area contributed by atoms with Gasteiger partial charge in [-0.2, -0.15) is 23.2 Å². The van der Waals surface area contributed by atoms with E-state index >= 15 is 0 Å². The topological polar surface area (TPSA) is 87.8 Å². The van der Waals surface area contributed by atoms with E-state index in [2.05, 4.69) is 11.1 Å². The van der Waals surface area contributed by atoms with E-state index in [1.54, 1.807) is 9.29 Å². The van der Waals surface area contributed by atoms with Gasteiger partial charge in [-0.1, -0.05) is 0 Å². The first kappa shape index (κ1) is 22.2. The van der Waals surface area contributed by atoms with Crippen LogP contribution in [0.25, 0.3) is 22.3 Å². The number of hydrogen-bond donors (Lipinski definition) is 1. The zero-order chi connectivity index (χ0) is 23.3. The molecule has 2 aromatic heterocycles. The molecule has 2 heterocycles. The third kappa shape index (κ3) is 4.20. The average Bonchev–Trinajstić information content (AvgIpc) is 3.49. The number of rotatable bonds is 6. The van der Waals surface area contributed by atoms with E-state index in [4.69, 9.17) is 0 Å². The molecule has 0 spiro atoms. The van der Waals surface area contributed by atoms with Crippen LogP contribution in [0.3, 0.4) is 0 Å². The first-order valence-corrected chi connectivity index (χ1v) is 11.3. The Hall–Kier alpha value is -2.97. The first-order valence-electron chi connectivity index (χ1n) is 9.78. The predicted octanol–water partition coefficient (Wildman–Crippen LogP) is 4.35. The molecule has 1 saturated carbocycles. The fraction of sp³-hybridized carbons (Fsp3) is 0.333. The van der Waals surface area contributed by atoms with Crippen LogP contribution >= 0.6 is 0 Å². The van der Waals surface area contributed by atoms with Gasteiger partial charge in [0.15, 0.2) is 0 Å². The summed E-state index contributed by atoms with van der Waals surface area (Å²) in [7, 11) is -4.46. The molecule has 1 atom stereocenters. The number of aromatic nitrogens is 2. The van der Waals surface area contributed by atoms with Crippen molar-refractivity contribution in [2.45, 2.75) is 43.4 Å². The van der Waals surface area contributed by atoms with Crippen molar-refractivity contribution in [3.8, 4) is 17.5 Å². The van der Waals surface area contributed by atoms with E-state index in [1.807, 2.05) is 0 Å². The molecule has 0 bridgehead atoms.